The summed E-state index contributed by atoms with van der Waals surface area (Å²) in [5.41, 5.74) is 2.24. The fourth-order valence-electron chi connectivity index (χ4n) is 1.86. The molecule has 0 radical (unpaired) electrons. The Balaban J connectivity index is 2.49. The fraction of sp³-hybridized carbons (Fsp3) is 0.200. The van der Waals surface area contributed by atoms with Crippen LogP contribution >= 0.6 is 23.4 Å². The first-order valence-electron chi connectivity index (χ1n) is 6.61. The summed E-state index contributed by atoms with van der Waals surface area (Å²) in [6, 6.07) is 7.24. The molecule has 0 aliphatic carbocycles. The third kappa shape index (κ3) is 3.73. The number of hydrogen-bond acceptors (Lipinski definition) is 6. The molecule has 6 nitrogen and oxygen atoms in total. The second kappa shape index (κ2) is 7.31. The minimum absolute atomic E-state index is 0.0921. The molecular formula is C15H14ClN5OS. The van der Waals surface area contributed by atoms with E-state index in [1.54, 1.807) is 19.2 Å². The van der Waals surface area contributed by atoms with Gasteiger partial charge in [-0.2, -0.15) is 5.26 Å². The molecule has 0 atom stereocenters. The van der Waals surface area contributed by atoms with Gasteiger partial charge in [0.05, 0.1) is 0 Å². The topological polar surface area (TPSA) is 90.7 Å². The van der Waals surface area contributed by atoms with Crippen molar-refractivity contribution in [1.29, 1.82) is 5.26 Å². The number of thioether (sulfide) groups is 1. The van der Waals surface area contributed by atoms with E-state index in [1.807, 2.05) is 25.3 Å². The molecule has 0 unspecified atom stereocenters. The first-order chi connectivity index (χ1) is 11.0. The zero-order chi connectivity index (χ0) is 17.0. The molecule has 2 N–H and O–H groups in total. The molecule has 0 aliphatic heterocycles. The van der Waals surface area contributed by atoms with Crippen molar-refractivity contribution in [3.8, 4) is 6.07 Å². The number of nitrogens with one attached hydrogen (secondary N) is 2. The molecule has 1 aromatic carbocycles. The van der Waals surface area contributed by atoms with Crippen molar-refractivity contribution in [3.05, 3.63) is 40.0 Å². The fourth-order valence-corrected chi connectivity index (χ4v) is 2.49. The summed E-state index contributed by atoms with van der Waals surface area (Å²) in [7, 11) is 1.57. The predicted octanol–water partition coefficient (Wildman–Crippen LogP) is 3.14. The number of benzene rings is 1. The average molecular weight is 348 g/mol. The summed E-state index contributed by atoms with van der Waals surface area (Å²) in [4.78, 5) is 20.1. The van der Waals surface area contributed by atoms with E-state index in [0.29, 0.717) is 22.2 Å². The monoisotopic (exact) mass is 347 g/mol. The number of carbonyl (C=O) groups excluding carboxylic acids is 1. The minimum atomic E-state index is -0.195. The van der Waals surface area contributed by atoms with Crippen molar-refractivity contribution in [3.63, 3.8) is 0 Å². The highest BCUT2D eigenvalue weighted by atomic mass is 35.5. The van der Waals surface area contributed by atoms with E-state index in [9.17, 15) is 10.1 Å². The number of anilines is 2. The number of amides is 1. The molecule has 0 saturated carbocycles. The van der Waals surface area contributed by atoms with Crippen molar-refractivity contribution in [2.75, 3.05) is 18.6 Å². The van der Waals surface area contributed by atoms with Gasteiger partial charge < -0.3 is 10.6 Å². The van der Waals surface area contributed by atoms with Crippen LogP contribution in [0.2, 0.25) is 5.15 Å². The van der Waals surface area contributed by atoms with Crippen LogP contribution in [-0.4, -0.2) is 29.2 Å². The van der Waals surface area contributed by atoms with Crippen LogP contribution < -0.4 is 10.6 Å². The Hall–Kier alpha value is -2.30. The number of aryl methyl sites for hydroxylation is 1. The van der Waals surface area contributed by atoms with Crippen LogP contribution in [0.1, 0.15) is 21.5 Å². The van der Waals surface area contributed by atoms with Gasteiger partial charge in [-0.05, 0) is 30.9 Å². The Labute approximate surface area is 143 Å². The van der Waals surface area contributed by atoms with Gasteiger partial charge in [0.1, 0.15) is 11.6 Å². The molecule has 0 spiro atoms. The minimum Gasteiger partial charge on any atom is -0.355 e. The van der Waals surface area contributed by atoms with E-state index in [0.717, 1.165) is 5.56 Å². The Kier molecular flexibility index (Phi) is 5.42. The van der Waals surface area contributed by atoms with Gasteiger partial charge in [0.2, 0.25) is 0 Å². The molecule has 0 bridgehead atoms. The number of aromatic nitrogens is 2. The lowest BCUT2D eigenvalue weighted by atomic mass is 10.1. The Morgan fingerprint density at radius 2 is 2.13 bits per heavy atom. The van der Waals surface area contributed by atoms with Crippen LogP contribution in [0, 0.1) is 18.3 Å². The number of nitrogens with zero attached hydrogens (tertiary/aromatic N) is 3. The molecule has 118 valence electrons. The van der Waals surface area contributed by atoms with Gasteiger partial charge in [0.25, 0.3) is 5.91 Å². The zero-order valence-electron chi connectivity index (χ0n) is 12.8. The SMILES string of the molecule is CNC(=O)c1ccc(C)c(Nc2nc(SC)nc(Cl)c2C#N)c1. The van der Waals surface area contributed by atoms with Crippen LogP contribution in [0.3, 0.4) is 0 Å². The number of hydrogen-bond donors (Lipinski definition) is 2. The van der Waals surface area contributed by atoms with E-state index in [-0.39, 0.29) is 16.6 Å². The highest BCUT2D eigenvalue weighted by Gasteiger charge is 2.14. The molecule has 0 fully saturated rings. The largest absolute Gasteiger partial charge is 0.355 e. The van der Waals surface area contributed by atoms with E-state index >= 15 is 0 Å². The lowest BCUT2D eigenvalue weighted by Gasteiger charge is -2.12. The highest BCUT2D eigenvalue weighted by molar-refractivity contribution is 7.98. The quantitative estimate of drug-likeness (QED) is 0.501. The summed E-state index contributed by atoms with van der Waals surface area (Å²) in [6.45, 7) is 1.89. The molecule has 0 aliphatic rings. The third-order valence-electron chi connectivity index (χ3n) is 3.12. The number of halogens is 1. The van der Waals surface area contributed by atoms with Crippen LogP contribution in [0.4, 0.5) is 11.5 Å². The number of nitriles is 1. The predicted molar refractivity (Wildman–Crippen MR) is 91.4 cm³/mol. The second-order valence-electron chi connectivity index (χ2n) is 4.57. The molecule has 23 heavy (non-hydrogen) atoms. The van der Waals surface area contributed by atoms with Crippen LogP contribution in [0.25, 0.3) is 0 Å². The molecule has 2 aromatic rings. The molecule has 1 aromatic heterocycles. The molecule has 2 rings (SSSR count). The van der Waals surface area contributed by atoms with Crippen molar-refractivity contribution in [1.82, 2.24) is 15.3 Å². The second-order valence-corrected chi connectivity index (χ2v) is 5.70. The summed E-state index contributed by atoms with van der Waals surface area (Å²) in [5, 5.41) is 15.5. The number of rotatable bonds is 4. The van der Waals surface area contributed by atoms with Gasteiger partial charge in [-0.3, -0.25) is 4.79 Å². The van der Waals surface area contributed by atoms with Gasteiger partial charge in [0.15, 0.2) is 16.1 Å². The maximum Gasteiger partial charge on any atom is 0.251 e. The van der Waals surface area contributed by atoms with Crippen LogP contribution in [0.5, 0.6) is 0 Å². The summed E-state index contributed by atoms with van der Waals surface area (Å²) < 4.78 is 0. The van der Waals surface area contributed by atoms with Crippen molar-refractivity contribution in [2.24, 2.45) is 0 Å². The van der Waals surface area contributed by atoms with Crippen LogP contribution in [0.15, 0.2) is 23.4 Å². The molecular weight excluding hydrogens is 334 g/mol. The van der Waals surface area contributed by atoms with Gasteiger partial charge in [-0.25, -0.2) is 9.97 Å². The van der Waals surface area contributed by atoms with E-state index in [4.69, 9.17) is 11.6 Å². The van der Waals surface area contributed by atoms with Gasteiger partial charge >= 0.3 is 0 Å². The normalized spacial score (nSPS) is 10.0. The summed E-state index contributed by atoms with van der Waals surface area (Å²) >= 11 is 7.36. The van der Waals surface area contributed by atoms with E-state index in [2.05, 4.69) is 20.6 Å². The van der Waals surface area contributed by atoms with Gasteiger partial charge in [-0.15, -0.1) is 0 Å². The Morgan fingerprint density at radius 1 is 1.39 bits per heavy atom. The summed E-state index contributed by atoms with van der Waals surface area (Å²) in [6.07, 6.45) is 1.82. The van der Waals surface area contributed by atoms with Gasteiger partial charge in [0, 0.05) is 18.3 Å². The highest BCUT2D eigenvalue weighted by Crippen LogP contribution is 2.28. The molecule has 1 heterocycles. The maximum absolute atomic E-state index is 11.8. The molecule has 0 saturated heterocycles. The average Bonchev–Trinajstić information content (AvgIpc) is 2.55. The van der Waals surface area contributed by atoms with E-state index in [1.165, 1.54) is 11.8 Å². The van der Waals surface area contributed by atoms with Gasteiger partial charge in [-0.1, -0.05) is 29.4 Å². The number of carbonyl (C=O) groups is 1. The Morgan fingerprint density at radius 3 is 2.74 bits per heavy atom. The third-order valence-corrected chi connectivity index (χ3v) is 3.94. The lowest BCUT2D eigenvalue weighted by Crippen LogP contribution is -2.18. The summed E-state index contributed by atoms with van der Waals surface area (Å²) in [5.74, 6) is 0.119. The zero-order valence-corrected chi connectivity index (χ0v) is 14.3. The van der Waals surface area contributed by atoms with E-state index < -0.39 is 0 Å². The lowest BCUT2D eigenvalue weighted by molar-refractivity contribution is 0.0963. The van der Waals surface area contributed by atoms with Crippen molar-refractivity contribution in [2.45, 2.75) is 12.1 Å². The molecule has 8 heteroatoms. The maximum atomic E-state index is 11.8. The van der Waals surface area contributed by atoms with Crippen molar-refractivity contribution >= 4 is 40.8 Å². The Bertz CT molecular complexity index is 803. The van der Waals surface area contributed by atoms with Crippen LogP contribution in [-0.2, 0) is 0 Å². The smallest absolute Gasteiger partial charge is 0.251 e. The first-order valence-corrected chi connectivity index (χ1v) is 8.21. The first kappa shape index (κ1) is 17.1. The molecule has 1 amide bonds. The standard InChI is InChI=1S/C15H14ClN5OS/c1-8-4-5-9(14(22)18-2)6-11(8)19-13-10(7-17)12(16)20-15(21-13)23-3/h4-6H,1-3H3,(H,18,22)(H,19,20,21). The van der Waals surface area contributed by atoms with Crippen molar-refractivity contribution < 1.29 is 4.79 Å².